The van der Waals surface area contributed by atoms with Gasteiger partial charge >= 0.3 is 0 Å². The van der Waals surface area contributed by atoms with Crippen LogP contribution in [0.1, 0.15) is 20.8 Å². The summed E-state index contributed by atoms with van der Waals surface area (Å²) >= 11 is 5.81. The smallest absolute Gasteiger partial charge is 0.236 e. The Bertz CT molecular complexity index is 489. The molecule has 0 radical (unpaired) electrons. The Hall–Kier alpha value is -0.780. The molecule has 1 unspecified atom stereocenters. The third-order valence-electron chi connectivity index (χ3n) is 2.43. The van der Waals surface area contributed by atoms with Crippen molar-refractivity contribution in [1.82, 2.24) is 5.32 Å². The zero-order valence-electron chi connectivity index (χ0n) is 10.8. The molecule has 0 spiro atoms. The van der Waals surface area contributed by atoms with Gasteiger partial charge in [-0.2, -0.15) is 0 Å². The van der Waals surface area contributed by atoms with Crippen molar-refractivity contribution in [1.29, 1.82) is 0 Å². The Morgan fingerprint density at radius 2 is 1.94 bits per heavy atom. The first-order chi connectivity index (χ1) is 8.31. The lowest BCUT2D eigenvalue weighted by molar-refractivity contribution is 0.553. The Balaban J connectivity index is 2.69. The van der Waals surface area contributed by atoms with Crippen LogP contribution >= 0.6 is 11.6 Å². The third kappa shape index (κ3) is 4.84. The lowest BCUT2D eigenvalue weighted by atomic mass is 10.3. The molecule has 4 nitrogen and oxygen atoms in total. The van der Waals surface area contributed by atoms with Crippen LogP contribution in [0, 0.1) is 0 Å². The zero-order chi connectivity index (χ0) is 13.8. The highest BCUT2D eigenvalue weighted by Crippen LogP contribution is 2.17. The topological polar surface area (TPSA) is 58.2 Å². The predicted octanol–water partition coefficient (Wildman–Crippen LogP) is 2.47. The molecule has 0 aromatic heterocycles. The van der Waals surface area contributed by atoms with E-state index in [2.05, 4.69) is 10.0 Å². The van der Waals surface area contributed by atoms with Crippen molar-refractivity contribution in [2.45, 2.75) is 32.1 Å². The highest BCUT2D eigenvalue weighted by Gasteiger charge is 2.20. The fourth-order valence-electron chi connectivity index (χ4n) is 1.33. The first kappa shape index (κ1) is 15.3. The molecule has 1 aromatic rings. The lowest BCUT2D eigenvalue weighted by Crippen LogP contribution is -2.37. The Labute approximate surface area is 114 Å². The van der Waals surface area contributed by atoms with Crippen LogP contribution < -0.4 is 10.0 Å². The van der Waals surface area contributed by atoms with Gasteiger partial charge in [0, 0.05) is 23.3 Å². The molecular formula is C12H19ClN2O2S. The van der Waals surface area contributed by atoms with Crippen molar-refractivity contribution in [3.8, 4) is 0 Å². The van der Waals surface area contributed by atoms with Crippen molar-refractivity contribution >= 4 is 27.3 Å². The van der Waals surface area contributed by atoms with Crippen molar-refractivity contribution < 1.29 is 8.42 Å². The average Bonchev–Trinajstić information content (AvgIpc) is 2.25. The Morgan fingerprint density at radius 3 is 2.50 bits per heavy atom. The highest BCUT2D eigenvalue weighted by atomic mass is 35.5. The summed E-state index contributed by atoms with van der Waals surface area (Å²) in [7, 11) is -3.40. The maximum Gasteiger partial charge on any atom is 0.236 e. The molecule has 1 rings (SSSR count). The number of anilines is 1. The van der Waals surface area contributed by atoms with Gasteiger partial charge in [-0.3, -0.25) is 4.72 Å². The minimum atomic E-state index is -3.40. The molecule has 0 heterocycles. The molecule has 18 heavy (non-hydrogen) atoms. The molecular weight excluding hydrogens is 272 g/mol. The van der Waals surface area contributed by atoms with Crippen LogP contribution in [0.4, 0.5) is 5.69 Å². The van der Waals surface area contributed by atoms with E-state index in [0.717, 1.165) is 0 Å². The lowest BCUT2D eigenvalue weighted by Gasteiger charge is -2.17. The highest BCUT2D eigenvalue weighted by molar-refractivity contribution is 7.93. The van der Waals surface area contributed by atoms with Crippen LogP contribution in [-0.4, -0.2) is 26.3 Å². The van der Waals surface area contributed by atoms with Crippen LogP contribution in [0.25, 0.3) is 0 Å². The third-order valence-corrected chi connectivity index (χ3v) is 4.41. The first-order valence-electron chi connectivity index (χ1n) is 5.82. The fourth-order valence-corrected chi connectivity index (χ4v) is 2.49. The summed E-state index contributed by atoms with van der Waals surface area (Å²) in [6.07, 6.45) is 0. The van der Waals surface area contributed by atoms with Crippen molar-refractivity contribution in [2.75, 3.05) is 11.3 Å². The molecule has 1 atom stereocenters. The first-order valence-corrected chi connectivity index (χ1v) is 7.74. The summed E-state index contributed by atoms with van der Waals surface area (Å²) in [5.74, 6) is 0. The quantitative estimate of drug-likeness (QED) is 0.846. The van der Waals surface area contributed by atoms with Gasteiger partial charge in [0.1, 0.15) is 0 Å². The summed E-state index contributed by atoms with van der Waals surface area (Å²) in [5.41, 5.74) is 0.485. The standard InChI is InChI=1S/C12H19ClN2O2S/c1-9(2)14-8-10(3)18(16,17)15-12-6-4-5-11(13)7-12/h4-7,9-10,14-15H,8H2,1-3H3. The van der Waals surface area contributed by atoms with Gasteiger partial charge < -0.3 is 5.32 Å². The van der Waals surface area contributed by atoms with Crippen molar-refractivity contribution in [3.05, 3.63) is 29.3 Å². The van der Waals surface area contributed by atoms with Gasteiger partial charge in [0.05, 0.1) is 5.25 Å². The SMILES string of the molecule is CC(C)NCC(C)S(=O)(=O)Nc1cccc(Cl)c1. The predicted molar refractivity (Wildman–Crippen MR) is 76.6 cm³/mol. The summed E-state index contributed by atoms with van der Waals surface area (Å²) in [6, 6.07) is 6.92. The van der Waals surface area contributed by atoms with Crippen molar-refractivity contribution in [3.63, 3.8) is 0 Å². The number of halogens is 1. The molecule has 0 saturated carbocycles. The van der Waals surface area contributed by atoms with Gasteiger partial charge in [-0.1, -0.05) is 31.5 Å². The normalized spacial score (nSPS) is 13.6. The largest absolute Gasteiger partial charge is 0.313 e. The van der Waals surface area contributed by atoms with E-state index >= 15 is 0 Å². The molecule has 0 aliphatic carbocycles. The number of hydrogen-bond acceptors (Lipinski definition) is 3. The van der Waals surface area contributed by atoms with E-state index in [1.807, 2.05) is 13.8 Å². The maximum atomic E-state index is 12.0. The molecule has 0 amide bonds. The second-order valence-corrected chi connectivity index (χ2v) is 7.07. The van der Waals surface area contributed by atoms with Gasteiger partial charge in [0.25, 0.3) is 0 Å². The van der Waals surface area contributed by atoms with Crippen molar-refractivity contribution in [2.24, 2.45) is 0 Å². The molecule has 102 valence electrons. The van der Waals surface area contributed by atoms with Gasteiger partial charge in [0.15, 0.2) is 0 Å². The Morgan fingerprint density at radius 1 is 1.28 bits per heavy atom. The molecule has 0 aliphatic heterocycles. The minimum absolute atomic E-state index is 0.258. The second kappa shape index (κ2) is 6.41. The minimum Gasteiger partial charge on any atom is -0.313 e. The van der Waals surface area contributed by atoms with Gasteiger partial charge in [-0.25, -0.2) is 8.42 Å². The second-order valence-electron chi connectivity index (χ2n) is 4.53. The summed E-state index contributed by atoms with van der Waals surface area (Å²) in [6.45, 7) is 6.03. The number of sulfonamides is 1. The Kier molecular flexibility index (Phi) is 5.44. The van der Waals surface area contributed by atoms with Gasteiger partial charge in [0.2, 0.25) is 10.0 Å². The van der Waals surface area contributed by atoms with Crippen LogP contribution in [0.5, 0.6) is 0 Å². The number of rotatable bonds is 6. The van der Waals surface area contributed by atoms with E-state index in [0.29, 0.717) is 17.3 Å². The number of benzene rings is 1. The number of hydrogen-bond donors (Lipinski definition) is 2. The summed E-state index contributed by atoms with van der Waals surface area (Å²) < 4.78 is 26.6. The average molecular weight is 291 g/mol. The summed E-state index contributed by atoms with van der Waals surface area (Å²) in [4.78, 5) is 0. The van der Waals surface area contributed by atoms with E-state index in [4.69, 9.17) is 11.6 Å². The van der Waals surface area contributed by atoms with E-state index in [9.17, 15) is 8.42 Å². The van der Waals surface area contributed by atoms with E-state index in [1.54, 1.807) is 31.2 Å². The number of nitrogens with one attached hydrogen (secondary N) is 2. The summed E-state index contributed by atoms with van der Waals surface area (Å²) in [5, 5.41) is 3.09. The van der Waals surface area contributed by atoms with Crippen LogP contribution in [0.2, 0.25) is 5.02 Å². The molecule has 0 bridgehead atoms. The van der Waals surface area contributed by atoms with Crippen LogP contribution in [-0.2, 0) is 10.0 Å². The van der Waals surface area contributed by atoms with E-state index < -0.39 is 15.3 Å². The zero-order valence-corrected chi connectivity index (χ0v) is 12.3. The molecule has 6 heteroatoms. The fraction of sp³-hybridized carbons (Fsp3) is 0.500. The van der Waals surface area contributed by atoms with Crippen LogP contribution in [0.15, 0.2) is 24.3 Å². The molecule has 0 saturated heterocycles. The van der Waals surface area contributed by atoms with E-state index in [-0.39, 0.29) is 6.04 Å². The van der Waals surface area contributed by atoms with E-state index in [1.165, 1.54) is 0 Å². The molecule has 1 aromatic carbocycles. The van der Waals surface area contributed by atoms with Gasteiger partial charge in [-0.15, -0.1) is 0 Å². The maximum absolute atomic E-state index is 12.0. The molecule has 0 aliphatic rings. The molecule has 0 fully saturated rings. The monoisotopic (exact) mass is 290 g/mol. The van der Waals surface area contributed by atoms with Crippen LogP contribution in [0.3, 0.4) is 0 Å². The van der Waals surface area contributed by atoms with Gasteiger partial charge in [-0.05, 0) is 25.1 Å². The molecule has 2 N–H and O–H groups in total.